The van der Waals surface area contributed by atoms with Crippen molar-refractivity contribution in [1.82, 2.24) is 0 Å². The van der Waals surface area contributed by atoms with Crippen LogP contribution >= 0.6 is 0 Å². The third-order valence-electron chi connectivity index (χ3n) is 4.54. The van der Waals surface area contributed by atoms with Gasteiger partial charge in [0.2, 0.25) is 0 Å². The van der Waals surface area contributed by atoms with Gasteiger partial charge in [-0.3, -0.25) is 9.59 Å². The highest BCUT2D eigenvalue weighted by Crippen LogP contribution is 2.32. The summed E-state index contributed by atoms with van der Waals surface area (Å²) in [6, 6.07) is 6.09. The molecule has 0 fully saturated rings. The van der Waals surface area contributed by atoms with Crippen LogP contribution < -0.4 is 5.32 Å². The van der Waals surface area contributed by atoms with E-state index in [2.05, 4.69) is 45.2 Å². The number of carbonyl (C=O) groups excluding carboxylic acids is 2. The summed E-state index contributed by atoms with van der Waals surface area (Å²) < 4.78 is 5.15. The van der Waals surface area contributed by atoms with Gasteiger partial charge in [0.15, 0.2) is 6.61 Å². The van der Waals surface area contributed by atoms with Gasteiger partial charge in [0.1, 0.15) is 0 Å². The van der Waals surface area contributed by atoms with Crippen LogP contribution in [0.2, 0.25) is 0 Å². The second kappa shape index (κ2) is 8.84. The maximum absolute atomic E-state index is 12.3. The number of benzene rings is 1. The predicted molar refractivity (Wildman–Crippen MR) is 101 cm³/mol. The molecule has 0 saturated heterocycles. The molecule has 0 unspecified atom stereocenters. The molecule has 0 aromatic heterocycles. The molecular weight excluding hydrogens is 314 g/mol. The lowest BCUT2D eigenvalue weighted by molar-refractivity contribution is -0.147. The van der Waals surface area contributed by atoms with Gasteiger partial charge in [-0.1, -0.05) is 58.0 Å². The van der Waals surface area contributed by atoms with E-state index >= 15 is 0 Å². The Balaban J connectivity index is 1.97. The summed E-state index contributed by atoms with van der Waals surface area (Å²) in [7, 11) is 0. The Morgan fingerprint density at radius 3 is 2.32 bits per heavy atom. The summed E-state index contributed by atoms with van der Waals surface area (Å²) in [5.74, 6) is 0.249. The van der Waals surface area contributed by atoms with Crippen molar-refractivity contribution in [2.24, 2.45) is 5.92 Å². The van der Waals surface area contributed by atoms with E-state index in [-0.39, 0.29) is 24.4 Å². The van der Waals surface area contributed by atoms with E-state index in [9.17, 15) is 9.59 Å². The zero-order valence-corrected chi connectivity index (χ0v) is 15.7. The lowest BCUT2D eigenvalue weighted by Gasteiger charge is -2.20. The minimum Gasteiger partial charge on any atom is -0.456 e. The van der Waals surface area contributed by atoms with Crippen LogP contribution in [-0.4, -0.2) is 18.5 Å². The zero-order chi connectivity index (χ0) is 18.4. The Morgan fingerprint density at radius 2 is 1.80 bits per heavy atom. The van der Waals surface area contributed by atoms with Crippen LogP contribution in [0.15, 0.2) is 30.4 Å². The minimum atomic E-state index is -0.312. The van der Waals surface area contributed by atoms with Gasteiger partial charge in [0.25, 0.3) is 5.91 Å². The number of hydrogen-bond acceptors (Lipinski definition) is 3. The normalized spacial score (nSPS) is 16.5. The first kappa shape index (κ1) is 19.2. The molecule has 0 bridgehead atoms. The lowest BCUT2D eigenvalue weighted by atomic mass is 9.92. The number of nitrogens with one attached hydrogen (secondary N) is 1. The molecule has 1 aromatic rings. The van der Waals surface area contributed by atoms with Crippen molar-refractivity contribution >= 4 is 17.6 Å². The van der Waals surface area contributed by atoms with Gasteiger partial charge >= 0.3 is 5.97 Å². The number of allylic oxidation sites excluding steroid dienone is 2. The van der Waals surface area contributed by atoms with Crippen molar-refractivity contribution < 1.29 is 14.3 Å². The quantitative estimate of drug-likeness (QED) is 0.573. The molecule has 4 nitrogen and oxygen atoms in total. The first-order valence-electron chi connectivity index (χ1n) is 9.13. The van der Waals surface area contributed by atoms with Crippen LogP contribution in [0.1, 0.15) is 69.9 Å². The van der Waals surface area contributed by atoms with E-state index in [1.54, 1.807) is 0 Å². The number of amides is 1. The average Bonchev–Trinajstić information content (AvgIpc) is 3.05. The van der Waals surface area contributed by atoms with E-state index in [0.29, 0.717) is 18.3 Å². The Morgan fingerprint density at radius 1 is 1.16 bits per heavy atom. The first-order chi connectivity index (χ1) is 11.9. The highest BCUT2D eigenvalue weighted by atomic mass is 16.5. The highest BCUT2D eigenvalue weighted by molar-refractivity contribution is 5.94. The average molecular weight is 343 g/mol. The Hall–Kier alpha value is -2.10. The molecule has 0 spiro atoms. The third-order valence-corrected chi connectivity index (χ3v) is 4.54. The number of carbonyl (C=O) groups is 2. The second-order valence-electron chi connectivity index (χ2n) is 7.30. The van der Waals surface area contributed by atoms with Crippen LogP contribution in [0.4, 0.5) is 5.69 Å². The zero-order valence-electron chi connectivity index (χ0n) is 15.7. The summed E-state index contributed by atoms with van der Waals surface area (Å²) in [6.07, 6.45) is 6.49. The third kappa shape index (κ3) is 5.45. The van der Waals surface area contributed by atoms with E-state index < -0.39 is 0 Å². The van der Waals surface area contributed by atoms with Gasteiger partial charge in [-0.15, -0.1) is 0 Å². The van der Waals surface area contributed by atoms with Crippen LogP contribution in [0.3, 0.4) is 0 Å². The number of esters is 1. The van der Waals surface area contributed by atoms with E-state index in [4.69, 9.17) is 4.74 Å². The molecule has 1 aliphatic rings. The van der Waals surface area contributed by atoms with Gasteiger partial charge in [-0.2, -0.15) is 0 Å². The van der Waals surface area contributed by atoms with Gasteiger partial charge in [-0.25, -0.2) is 0 Å². The largest absolute Gasteiger partial charge is 0.456 e. The minimum absolute atomic E-state index is 0.237. The number of ether oxygens (including phenoxy) is 1. The predicted octanol–water partition coefficient (Wildman–Crippen LogP) is 4.77. The second-order valence-corrected chi connectivity index (χ2v) is 7.30. The highest BCUT2D eigenvalue weighted by Gasteiger charge is 2.18. The number of rotatable bonds is 7. The Bertz CT molecular complexity index is 620. The molecule has 2 rings (SSSR count). The fraction of sp³-hybridized carbons (Fsp3) is 0.524. The fourth-order valence-corrected chi connectivity index (χ4v) is 3.16. The van der Waals surface area contributed by atoms with Crippen molar-refractivity contribution in [1.29, 1.82) is 0 Å². The number of hydrogen-bond donors (Lipinski definition) is 1. The summed E-state index contributed by atoms with van der Waals surface area (Å²) in [4.78, 5) is 24.2. The molecule has 0 saturated carbocycles. The summed E-state index contributed by atoms with van der Waals surface area (Å²) in [5, 5.41) is 2.96. The van der Waals surface area contributed by atoms with E-state index in [0.717, 1.165) is 29.7 Å². The van der Waals surface area contributed by atoms with Crippen LogP contribution in [0.25, 0.3) is 0 Å². The molecule has 1 N–H and O–H groups in total. The molecule has 0 radical (unpaired) electrons. The Labute approximate surface area is 150 Å². The molecule has 0 heterocycles. The summed E-state index contributed by atoms with van der Waals surface area (Å²) in [5.41, 5.74) is 3.05. The molecule has 0 aliphatic heterocycles. The molecule has 1 aromatic carbocycles. The topological polar surface area (TPSA) is 55.4 Å². The fourth-order valence-electron chi connectivity index (χ4n) is 3.16. The monoisotopic (exact) mass is 343 g/mol. The van der Waals surface area contributed by atoms with Crippen molar-refractivity contribution in [3.05, 3.63) is 41.5 Å². The summed E-state index contributed by atoms with van der Waals surface area (Å²) in [6.45, 7) is 8.17. The maximum Gasteiger partial charge on any atom is 0.306 e. The van der Waals surface area contributed by atoms with E-state index in [1.165, 1.54) is 0 Å². The molecule has 136 valence electrons. The van der Waals surface area contributed by atoms with Crippen LogP contribution in [0, 0.1) is 5.92 Å². The standard InChI is InChI=1S/C21H29NO3/c1-14(2)17-10-7-11-18(15(3)4)21(17)22-19(23)13-25-20(24)12-16-8-5-6-9-16/h5,7-8,10-11,14-16H,6,9,12-13H2,1-4H3,(H,22,23)/t16-/m0/s1. The van der Waals surface area contributed by atoms with Crippen molar-refractivity contribution in [3.8, 4) is 0 Å². The molecule has 1 atom stereocenters. The smallest absolute Gasteiger partial charge is 0.306 e. The lowest BCUT2D eigenvalue weighted by Crippen LogP contribution is -2.23. The van der Waals surface area contributed by atoms with E-state index in [1.807, 2.05) is 18.2 Å². The van der Waals surface area contributed by atoms with Gasteiger partial charge < -0.3 is 10.1 Å². The molecule has 4 heteroatoms. The Kier molecular flexibility index (Phi) is 6.80. The van der Waals surface area contributed by atoms with Gasteiger partial charge in [0.05, 0.1) is 6.42 Å². The summed E-state index contributed by atoms with van der Waals surface area (Å²) >= 11 is 0. The maximum atomic E-state index is 12.3. The van der Waals surface area contributed by atoms with Gasteiger partial charge in [0, 0.05) is 5.69 Å². The van der Waals surface area contributed by atoms with Crippen LogP contribution in [0.5, 0.6) is 0 Å². The van der Waals surface area contributed by atoms with Crippen molar-refractivity contribution in [3.63, 3.8) is 0 Å². The van der Waals surface area contributed by atoms with Gasteiger partial charge in [-0.05, 0) is 41.7 Å². The molecular formula is C21H29NO3. The van der Waals surface area contributed by atoms with Crippen molar-refractivity contribution in [2.75, 3.05) is 11.9 Å². The van der Waals surface area contributed by atoms with Crippen molar-refractivity contribution in [2.45, 2.75) is 58.8 Å². The SMILES string of the molecule is CC(C)c1cccc(C(C)C)c1NC(=O)COC(=O)C[C@H]1C=CCC1. The molecule has 1 aliphatic carbocycles. The van der Waals surface area contributed by atoms with Crippen LogP contribution in [-0.2, 0) is 14.3 Å². The number of anilines is 1. The first-order valence-corrected chi connectivity index (χ1v) is 9.13. The number of para-hydroxylation sites is 1. The molecule has 25 heavy (non-hydrogen) atoms. The molecule has 1 amide bonds.